The largest absolute Gasteiger partial charge is 0.493 e. The summed E-state index contributed by atoms with van der Waals surface area (Å²) in [6.45, 7) is 9.70. The number of carbonyl (C=O) groups excluding carboxylic acids is 1. The molecule has 2 saturated heterocycles. The van der Waals surface area contributed by atoms with Crippen LogP contribution < -0.4 is 14.2 Å². The van der Waals surface area contributed by atoms with Crippen LogP contribution in [0.2, 0.25) is 0 Å². The van der Waals surface area contributed by atoms with Gasteiger partial charge in [-0.2, -0.15) is 0 Å². The third kappa shape index (κ3) is 5.33. The van der Waals surface area contributed by atoms with E-state index in [1.54, 1.807) is 14.2 Å². The van der Waals surface area contributed by atoms with Gasteiger partial charge in [0.2, 0.25) is 0 Å². The second kappa shape index (κ2) is 10.7. The first-order chi connectivity index (χ1) is 16.4. The van der Waals surface area contributed by atoms with Gasteiger partial charge < -0.3 is 19.1 Å². The predicted octanol–water partition coefficient (Wildman–Crippen LogP) is 4.87. The van der Waals surface area contributed by atoms with E-state index in [1.165, 1.54) is 5.56 Å². The fourth-order valence-corrected chi connectivity index (χ4v) is 5.20. The van der Waals surface area contributed by atoms with E-state index in [2.05, 4.69) is 36.9 Å². The lowest BCUT2D eigenvalue weighted by molar-refractivity contribution is 0.0709. The van der Waals surface area contributed by atoms with Gasteiger partial charge in [-0.1, -0.05) is 38.1 Å². The van der Waals surface area contributed by atoms with Crippen LogP contribution in [0.25, 0.3) is 0 Å². The molecule has 2 aliphatic heterocycles. The van der Waals surface area contributed by atoms with Crippen LogP contribution in [-0.4, -0.2) is 62.7 Å². The highest BCUT2D eigenvalue weighted by Gasteiger charge is 2.42. The van der Waals surface area contributed by atoms with Crippen molar-refractivity contribution in [3.63, 3.8) is 0 Å². The first kappa shape index (κ1) is 24.4. The monoisotopic (exact) mass is 466 g/mol. The molecule has 2 aliphatic rings. The number of nitrogens with zero attached hydrogens (tertiary/aromatic N) is 2. The molecule has 6 heteroatoms. The molecule has 6 nitrogen and oxygen atoms in total. The van der Waals surface area contributed by atoms with Crippen LogP contribution in [0, 0.1) is 11.3 Å². The van der Waals surface area contributed by atoms with E-state index in [1.807, 2.05) is 29.2 Å². The average molecular weight is 467 g/mol. The topological polar surface area (TPSA) is 51.2 Å². The maximum Gasteiger partial charge on any atom is 0.257 e. The zero-order valence-corrected chi connectivity index (χ0v) is 21.0. The maximum atomic E-state index is 13.3. The van der Waals surface area contributed by atoms with Gasteiger partial charge in [0.25, 0.3) is 5.91 Å². The van der Waals surface area contributed by atoms with Crippen molar-refractivity contribution in [2.75, 3.05) is 47.0 Å². The predicted molar refractivity (Wildman–Crippen MR) is 134 cm³/mol. The van der Waals surface area contributed by atoms with Gasteiger partial charge in [-0.05, 0) is 61.9 Å². The summed E-state index contributed by atoms with van der Waals surface area (Å²) in [5.41, 5.74) is 2.05. The van der Waals surface area contributed by atoms with Crippen LogP contribution in [-0.2, 0) is 6.54 Å². The second-order valence-corrected chi connectivity index (χ2v) is 10.1. The summed E-state index contributed by atoms with van der Waals surface area (Å²) < 4.78 is 17.0. The quantitative estimate of drug-likeness (QED) is 0.556. The van der Waals surface area contributed by atoms with Gasteiger partial charge >= 0.3 is 0 Å². The minimum absolute atomic E-state index is 0.0336. The molecule has 0 aliphatic carbocycles. The van der Waals surface area contributed by atoms with Crippen molar-refractivity contribution >= 4 is 5.91 Å². The molecule has 2 fully saturated rings. The van der Waals surface area contributed by atoms with Crippen molar-refractivity contribution in [2.24, 2.45) is 11.3 Å². The zero-order chi connectivity index (χ0) is 24.1. The lowest BCUT2D eigenvalue weighted by Gasteiger charge is -2.39. The van der Waals surface area contributed by atoms with E-state index >= 15 is 0 Å². The third-order valence-corrected chi connectivity index (χ3v) is 7.21. The first-order valence-electron chi connectivity index (χ1n) is 12.4. The standard InChI is InChI=1S/C28H38N2O4/c1-21(2)19-34-24-10-6-5-8-22(24)18-29-15-12-28(13-16-29)14-17-30(20-28)27(31)23-9-7-11-25(32-3)26(23)33-4/h5-11,21H,12-20H2,1-4H3. The zero-order valence-electron chi connectivity index (χ0n) is 21.0. The Hall–Kier alpha value is -2.73. The Morgan fingerprint density at radius 1 is 0.941 bits per heavy atom. The van der Waals surface area contributed by atoms with Crippen molar-refractivity contribution in [3.05, 3.63) is 53.6 Å². The molecule has 184 valence electrons. The summed E-state index contributed by atoms with van der Waals surface area (Å²) in [6.07, 6.45) is 3.29. The maximum absolute atomic E-state index is 13.3. The molecular weight excluding hydrogens is 428 g/mol. The Balaban J connectivity index is 1.36. The molecular formula is C28H38N2O4. The normalized spacial score (nSPS) is 17.9. The first-order valence-corrected chi connectivity index (χ1v) is 12.4. The number of benzene rings is 2. The van der Waals surface area contributed by atoms with Gasteiger partial charge in [0.1, 0.15) is 5.75 Å². The molecule has 34 heavy (non-hydrogen) atoms. The Labute approximate surface area is 203 Å². The van der Waals surface area contributed by atoms with E-state index in [-0.39, 0.29) is 11.3 Å². The van der Waals surface area contributed by atoms with E-state index in [0.29, 0.717) is 23.0 Å². The third-order valence-electron chi connectivity index (χ3n) is 7.21. The molecule has 0 N–H and O–H groups in total. The fraction of sp³-hybridized carbons (Fsp3) is 0.536. The molecule has 0 aromatic heterocycles. The highest BCUT2D eigenvalue weighted by atomic mass is 16.5. The lowest BCUT2D eigenvalue weighted by Crippen LogP contribution is -2.42. The van der Waals surface area contributed by atoms with Gasteiger partial charge in [0.05, 0.1) is 26.4 Å². The summed E-state index contributed by atoms with van der Waals surface area (Å²) in [4.78, 5) is 17.9. The number of carbonyl (C=O) groups is 1. The molecule has 0 atom stereocenters. The highest BCUT2D eigenvalue weighted by Crippen LogP contribution is 2.42. The van der Waals surface area contributed by atoms with Crippen molar-refractivity contribution in [2.45, 2.75) is 39.7 Å². The number of amides is 1. The molecule has 2 heterocycles. The van der Waals surface area contributed by atoms with Gasteiger partial charge in [0.15, 0.2) is 11.5 Å². The Kier molecular flexibility index (Phi) is 7.67. The Morgan fingerprint density at radius 2 is 1.65 bits per heavy atom. The summed E-state index contributed by atoms with van der Waals surface area (Å²) in [5.74, 6) is 2.65. The van der Waals surface area contributed by atoms with Gasteiger partial charge in [-0.3, -0.25) is 9.69 Å². The van der Waals surface area contributed by atoms with Crippen LogP contribution in [0.4, 0.5) is 0 Å². The average Bonchev–Trinajstić information content (AvgIpc) is 3.27. The second-order valence-electron chi connectivity index (χ2n) is 10.1. The summed E-state index contributed by atoms with van der Waals surface area (Å²) >= 11 is 0. The molecule has 4 rings (SSSR count). The summed E-state index contributed by atoms with van der Waals surface area (Å²) in [5, 5.41) is 0. The number of hydrogen-bond donors (Lipinski definition) is 0. The number of rotatable bonds is 8. The Bertz CT molecular complexity index is 982. The number of para-hydroxylation sites is 2. The summed E-state index contributed by atoms with van der Waals surface area (Å²) in [6, 6.07) is 13.9. The lowest BCUT2D eigenvalue weighted by atomic mass is 9.77. The van der Waals surface area contributed by atoms with E-state index < -0.39 is 0 Å². The highest BCUT2D eigenvalue weighted by molar-refractivity contribution is 5.98. The van der Waals surface area contributed by atoms with Crippen LogP contribution in [0.1, 0.15) is 49.0 Å². The number of ether oxygens (including phenoxy) is 3. The van der Waals surface area contributed by atoms with E-state index in [0.717, 1.165) is 64.3 Å². The number of likely N-dealkylation sites (tertiary alicyclic amines) is 2. The molecule has 1 amide bonds. The van der Waals surface area contributed by atoms with Crippen LogP contribution in [0.5, 0.6) is 17.2 Å². The molecule has 2 aromatic carbocycles. The molecule has 2 aromatic rings. The van der Waals surface area contributed by atoms with Gasteiger partial charge in [-0.25, -0.2) is 0 Å². The molecule has 0 radical (unpaired) electrons. The van der Waals surface area contributed by atoms with E-state index in [4.69, 9.17) is 14.2 Å². The minimum Gasteiger partial charge on any atom is -0.493 e. The Morgan fingerprint density at radius 3 is 2.35 bits per heavy atom. The van der Waals surface area contributed by atoms with E-state index in [9.17, 15) is 4.79 Å². The van der Waals surface area contributed by atoms with Gasteiger partial charge in [-0.15, -0.1) is 0 Å². The number of piperidine rings is 1. The molecule has 0 unspecified atom stereocenters. The molecule has 0 saturated carbocycles. The fourth-order valence-electron chi connectivity index (χ4n) is 5.20. The summed E-state index contributed by atoms with van der Waals surface area (Å²) in [7, 11) is 3.18. The van der Waals surface area contributed by atoms with Crippen molar-refractivity contribution in [3.8, 4) is 17.2 Å². The van der Waals surface area contributed by atoms with Crippen LogP contribution in [0.3, 0.4) is 0 Å². The molecule has 1 spiro atoms. The number of hydrogen-bond acceptors (Lipinski definition) is 5. The SMILES string of the molecule is COc1cccc(C(=O)N2CCC3(CCN(Cc4ccccc4OCC(C)C)CC3)C2)c1OC. The van der Waals surface area contributed by atoms with Crippen molar-refractivity contribution in [1.29, 1.82) is 0 Å². The van der Waals surface area contributed by atoms with Crippen molar-refractivity contribution in [1.82, 2.24) is 9.80 Å². The van der Waals surface area contributed by atoms with Crippen molar-refractivity contribution < 1.29 is 19.0 Å². The molecule has 0 bridgehead atoms. The van der Waals surface area contributed by atoms with Crippen LogP contribution >= 0.6 is 0 Å². The smallest absolute Gasteiger partial charge is 0.257 e. The van der Waals surface area contributed by atoms with Crippen LogP contribution in [0.15, 0.2) is 42.5 Å². The minimum atomic E-state index is 0.0336. The number of methoxy groups -OCH3 is 2. The van der Waals surface area contributed by atoms with Gasteiger partial charge in [0, 0.05) is 25.2 Å².